The highest BCUT2D eigenvalue weighted by molar-refractivity contribution is 9.10. The largest absolute Gasteiger partial charge is 0.369 e. The Morgan fingerprint density at radius 3 is 2.74 bits per heavy atom. The Morgan fingerprint density at radius 2 is 2.16 bits per heavy atom. The van der Waals surface area contributed by atoms with Crippen LogP contribution in [-0.4, -0.2) is 26.0 Å². The molecule has 0 saturated heterocycles. The summed E-state index contributed by atoms with van der Waals surface area (Å²) < 4.78 is 28.1. The van der Waals surface area contributed by atoms with Crippen LogP contribution in [-0.2, 0) is 10.0 Å². The van der Waals surface area contributed by atoms with Crippen molar-refractivity contribution in [3.63, 3.8) is 0 Å². The van der Waals surface area contributed by atoms with E-state index in [-0.39, 0.29) is 10.9 Å². The summed E-state index contributed by atoms with van der Waals surface area (Å²) in [5.74, 6) is 0.993. The van der Waals surface area contributed by atoms with Gasteiger partial charge in [0.15, 0.2) is 0 Å². The lowest BCUT2D eigenvalue weighted by molar-refractivity contribution is 0.270. The van der Waals surface area contributed by atoms with Crippen LogP contribution in [0.1, 0.15) is 26.7 Å². The minimum atomic E-state index is -3.52. The number of rotatable bonds is 5. The smallest absolute Gasteiger partial charge is 0.244 e. The van der Waals surface area contributed by atoms with Crippen molar-refractivity contribution in [3.05, 3.63) is 16.7 Å². The molecule has 0 aromatic carbocycles. The van der Waals surface area contributed by atoms with E-state index in [0.717, 1.165) is 12.8 Å². The van der Waals surface area contributed by atoms with E-state index in [9.17, 15) is 8.42 Å². The molecule has 1 heterocycles. The normalized spacial score (nSPS) is 22.9. The molecule has 19 heavy (non-hydrogen) atoms. The highest BCUT2D eigenvalue weighted by atomic mass is 79.9. The number of pyridine rings is 1. The zero-order chi connectivity index (χ0) is 14.0. The maximum absolute atomic E-state index is 12.4. The van der Waals surface area contributed by atoms with Crippen LogP contribution in [0.5, 0.6) is 0 Å². The molecule has 1 aromatic rings. The molecule has 106 valence electrons. The van der Waals surface area contributed by atoms with E-state index in [1.165, 1.54) is 0 Å². The Morgan fingerprint density at radius 1 is 1.47 bits per heavy atom. The first-order valence-electron chi connectivity index (χ1n) is 6.34. The summed E-state index contributed by atoms with van der Waals surface area (Å²) >= 11 is 3.26. The highest BCUT2D eigenvalue weighted by Gasteiger charge is 2.31. The quantitative estimate of drug-likeness (QED) is 0.857. The summed E-state index contributed by atoms with van der Waals surface area (Å²) in [6, 6.07) is 1.63. The second-order valence-electron chi connectivity index (χ2n) is 4.93. The van der Waals surface area contributed by atoms with Gasteiger partial charge in [-0.25, -0.2) is 18.1 Å². The lowest BCUT2D eigenvalue weighted by Gasteiger charge is -2.33. The lowest BCUT2D eigenvalue weighted by Crippen LogP contribution is -2.43. The number of hydrogen-bond acceptors (Lipinski definition) is 4. The van der Waals surface area contributed by atoms with Crippen molar-refractivity contribution in [1.29, 1.82) is 0 Å². The number of halogens is 1. The van der Waals surface area contributed by atoms with Gasteiger partial charge in [0, 0.05) is 23.3 Å². The van der Waals surface area contributed by atoms with Gasteiger partial charge >= 0.3 is 0 Å². The summed E-state index contributed by atoms with van der Waals surface area (Å²) in [5, 5.41) is 2.98. The molecule has 1 aliphatic rings. The van der Waals surface area contributed by atoms with Crippen molar-refractivity contribution in [1.82, 2.24) is 9.71 Å². The maximum Gasteiger partial charge on any atom is 0.244 e. The van der Waals surface area contributed by atoms with Crippen molar-refractivity contribution in [3.8, 4) is 0 Å². The minimum absolute atomic E-state index is 0.0495. The third-order valence-corrected chi connectivity index (χ3v) is 5.12. The molecule has 7 heteroatoms. The molecule has 5 nitrogen and oxygen atoms in total. The first-order chi connectivity index (χ1) is 8.92. The fourth-order valence-electron chi connectivity index (χ4n) is 2.21. The molecule has 0 bridgehead atoms. The fourth-order valence-corrected chi connectivity index (χ4v) is 4.11. The molecular weight excluding hydrogens is 330 g/mol. The van der Waals surface area contributed by atoms with E-state index < -0.39 is 10.0 Å². The second kappa shape index (κ2) is 5.76. The first-order valence-corrected chi connectivity index (χ1v) is 8.61. The number of nitrogens with one attached hydrogen (secondary N) is 2. The number of nitrogens with zero attached hydrogens (tertiary/aromatic N) is 1. The first kappa shape index (κ1) is 14.7. The van der Waals surface area contributed by atoms with Gasteiger partial charge in [-0.1, -0.05) is 6.92 Å². The van der Waals surface area contributed by atoms with Crippen molar-refractivity contribution in [2.75, 3.05) is 11.9 Å². The van der Waals surface area contributed by atoms with Crippen molar-refractivity contribution in [2.45, 2.75) is 37.6 Å². The average Bonchev–Trinajstić information content (AvgIpc) is 2.29. The number of sulfonamides is 1. The summed E-state index contributed by atoms with van der Waals surface area (Å²) in [6.07, 6.45) is 3.39. The van der Waals surface area contributed by atoms with Crippen LogP contribution in [0.15, 0.2) is 21.6 Å². The summed E-state index contributed by atoms with van der Waals surface area (Å²) in [4.78, 5) is 4.32. The molecular formula is C12H18BrN3O2S. The van der Waals surface area contributed by atoms with Crippen LogP contribution in [0.25, 0.3) is 0 Å². The van der Waals surface area contributed by atoms with Crippen molar-refractivity contribution >= 4 is 31.8 Å². The van der Waals surface area contributed by atoms with Gasteiger partial charge in [-0.2, -0.15) is 0 Å². The predicted molar refractivity (Wildman–Crippen MR) is 78.6 cm³/mol. The SMILES string of the molecule is CCNc1ncc(Br)cc1S(=O)(=O)NC1CC(C)C1. The molecule has 1 aromatic heterocycles. The van der Waals surface area contributed by atoms with Crippen LogP contribution in [0.3, 0.4) is 0 Å². The van der Waals surface area contributed by atoms with Gasteiger partial charge < -0.3 is 5.32 Å². The topological polar surface area (TPSA) is 71.1 Å². The molecule has 2 N–H and O–H groups in total. The lowest BCUT2D eigenvalue weighted by atomic mass is 9.83. The Balaban J connectivity index is 2.25. The third kappa shape index (κ3) is 3.46. The van der Waals surface area contributed by atoms with Crippen LogP contribution in [0.2, 0.25) is 0 Å². The van der Waals surface area contributed by atoms with Crippen LogP contribution in [0, 0.1) is 5.92 Å². The van der Waals surface area contributed by atoms with E-state index in [0.29, 0.717) is 22.8 Å². The Hall–Kier alpha value is -0.660. The van der Waals surface area contributed by atoms with Crippen LogP contribution < -0.4 is 10.0 Å². The molecule has 1 aliphatic carbocycles. The summed E-state index contributed by atoms with van der Waals surface area (Å²) in [6.45, 7) is 4.65. The Bertz CT molecular complexity index is 556. The van der Waals surface area contributed by atoms with Gasteiger partial charge in [-0.05, 0) is 47.7 Å². The molecule has 0 radical (unpaired) electrons. The second-order valence-corrected chi connectivity index (χ2v) is 7.52. The van der Waals surface area contributed by atoms with Crippen molar-refractivity contribution < 1.29 is 8.42 Å². The Labute approximate surface area is 122 Å². The maximum atomic E-state index is 12.4. The van der Waals surface area contributed by atoms with Crippen LogP contribution >= 0.6 is 15.9 Å². The van der Waals surface area contributed by atoms with E-state index in [2.05, 4.69) is 37.9 Å². The number of hydrogen-bond donors (Lipinski definition) is 2. The summed E-state index contributed by atoms with van der Waals surface area (Å²) in [5.41, 5.74) is 0. The monoisotopic (exact) mass is 347 g/mol. The zero-order valence-corrected chi connectivity index (χ0v) is 13.4. The van der Waals surface area contributed by atoms with Gasteiger partial charge in [0.1, 0.15) is 10.7 Å². The molecule has 2 rings (SSSR count). The van der Waals surface area contributed by atoms with Gasteiger partial charge in [0.25, 0.3) is 0 Å². The molecule has 0 atom stereocenters. The van der Waals surface area contributed by atoms with E-state index >= 15 is 0 Å². The van der Waals surface area contributed by atoms with Gasteiger partial charge in [0.2, 0.25) is 10.0 Å². The molecule has 1 saturated carbocycles. The predicted octanol–water partition coefficient (Wildman–Crippen LogP) is 2.35. The fraction of sp³-hybridized carbons (Fsp3) is 0.583. The standard InChI is InChI=1S/C12H18BrN3O2S/c1-3-14-12-11(6-9(13)7-15-12)19(17,18)16-10-4-8(2)5-10/h6-8,10,16H,3-5H2,1-2H3,(H,14,15). The minimum Gasteiger partial charge on any atom is -0.369 e. The molecule has 1 fully saturated rings. The Kier molecular flexibility index (Phi) is 4.47. The molecule has 0 unspecified atom stereocenters. The zero-order valence-electron chi connectivity index (χ0n) is 11.0. The molecule has 0 spiro atoms. The third-order valence-electron chi connectivity index (χ3n) is 3.15. The van der Waals surface area contributed by atoms with Gasteiger partial charge in [0.05, 0.1) is 0 Å². The molecule has 0 amide bonds. The average molecular weight is 348 g/mol. The van der Waals surface area contributed by atoms with Crippen molar-refractivity contribution in [2.24, 2.45) is 5.92 Å². The van der Waals surface area contributed by atoms with Gasteiger partial charge in [-0.3, -0.25) is 0 Å². The molecule has 0 aliphatic heterocycles. The van der Waals surface area contributed by atoms with Gasteiger partial charge in [-0.15, -0.1) is 0 Å². The van der Waals surface area contributed by atoms with E-state index in [4.69, 9.17) is 0 Å². The van der Waals surface area contributed by atoms with E-state index in [1.54, 1.807) is 12.3 Å². The number of anilines is 1. The number of aromatic nitrogens is 1. The highest BCUT2D eigenvalue weighted by Crippen LogP contribution is 2.29. The van der Waals surface area contributed by atoms with E-state index in [1.807, 2.05) is 6.92 Å². The van der Waals surface area contributed by atoms with Crippen LogP contribution in [0.4, 0.5) is 5.82 Å². The summed E-state index contributed by atoms with van der Waals surface area (Å²) in [7, 11) is -3.52.